The van der Waals surface area contributed by atoms with Gasteiger partial charge in [0.25, 0.3) is 0 Å². The largest absolute Gasteiger partial charge is 0.350 e. The first-order valence-electron chi connectivity index (χ1n) is 7.95. The number of carbonyl (C=O) groups excluding carboxylic acids is 2. The highest BCUT2D eigenvalue weighted by molar-refractivity contribution is 8.00. The lowest BCUT2D eigenvalue weighted by atomic mass is 10.1. The minimum absolute atomic E-state index is 0.0119. The summed E-state index contributed by atoms with van der Waals surface area (Å²) in [5.41, 5.74) is 0.907. The quantitative estimate of drug-likeness (QED) is 0.811. The van der Waals surface area contributed by atoms with Crippen molar-refractivity contribution in [1.29, 1.82) is 0 Å². The van der Waals surface area contributed by atoms with Crippen LogP contribution in [-0.2, 0) is 9.59 Å². The van der Waals surface area contributed by atoms with Crippen LogP contribution in [0.5, 0.6) is 0 Å². The number of nitrogens with zero attached hydrogens (tertiary/aromatic N) is 1. The van der Waals surface area contributed by atoms with E-state index in [4.69, 9.17) is 0 Å². The number of aryl methyl sites for hydroxylation is 1. The number of nitrogens with one attached hydrogen (secondary N) is 1. The van der Waals surface area contributed by atoms with E-state index in [-0.39, 0.29) is 29.1 Å². The SMILES string of the molecule is CCN(CC(=O)NC(C)(C)C)C(=O)C(C)Sc1ccc(C)cc1. The molecule has 4 nitrogen and oxygen atoms in total. The van der Waals surface area contributed by atoms with Gasteiger partial charge in [0.2, 0.25) is 11.8 Å². The number of hydrogen-bond acceptors (Lipinski definition) is 3. The topological polar surface area (TPSA) is 49.4 Å². The van der Waals surface area contributed by atoms with Crippen molar-refractivity contribution < 1.29 is 9.59 Å². The zero-order valence-electron chi connectivity index (χ0n) is 15.0. The summed E-state index contributed by atoms with van der Waals surface area (Å²) in [5, 5.41) is 2.67. The number of likely N-dealkylation sites (N-methyl/N-ethyl adjacent to an activating group) is 1. The van der Waals surface area contributed by atoms with Crippen molar-refractivity contribution in [3.8, 4) is 0 Å². The second-order valence-electron chi connectivity index (χ2n) is 6.72. The molecule has 0 bridgehead atoms. The van der Waals surface area contributed by atoms with Crippen molar-refractivity contribution in [2.24, 2.45) is 0 Å². The zero-order valence-corrected chi connectivity index (χ0v) is 15.8. The fraction of sp³-hybridized carbons (Fsp3) is 0.556. The van der Waals surface area contributed by atoms with Gasteiger partial charge in [-0.1, -0.05) is 17.7 Å². The first-order valence-corrected chi connectivity index (χ1v) is 8.83. The number of rotatable bonds is 6. The highest BCUT2D eigenvalue weighted by Crippen LogP contribution is 2.24. The minimum atomic E-state index is -0.290. The molecule has 0 aromatic heterocycles. The van der Waals surface area contributed by atoms with Crippen LogP contribution in [0.1, 0.15) is 40.2 Å². The maximum Gasteiger partial charge on any atom is 0.240 e. The van der Waals surface area contributed by atoms with Crippen LogP contribution >= 0.6 is 11.8 Å². The second kappa shape index (κ2) is 8.39. The third kappa shape index (κ3) is 7.08. The van der Waals surface area contributed by atoms with E-state index in [0.29, 0.717) is 6.54 Å². The van der Waals surface area contributed by atoms with Crippen LogP contribution in [0.3, 0.4) is 0 Å². The summed E-state index contributed by atoms with van der Waals surface area (Å²) < 4.78 is 0. The Labute approximate surface area is 144 Å². The van der Waals surface area contributed by atoms with E-state index in [1.54, 1.807) is 4.90 Å². The highest BCUT2D eigenvalue weighted by atomic mass is 32.2. The van der Waals surface area contributed by atoms with E-state index in [9.17, 15) is 9.59 Å². The van der Waals surface area contributed by atoms with E-state index >= 15 is 0 Å². The summed E-state index contributed by atoms with van der Waals surface area (Å²) >= 11 is 1.52. The van der Waals surface area contributed by atoms with Crippen LogP contribution in [-0.4, -0.2) is 40.6 Å². The molecular formula is C18H28N2O2S. The van der Waals surface area contributed by atoms with Gasteiger partial charge in [0.1, 0.15) is 0 Å². The van der Waals surface area contributed by atoms with Gasteiger partial charge >= 0.3 is 0 Å². The molecule has 1 atom stereocenters. The molecule has 128 valence electrons. The summed E-state index contributed by atoms with van der Waals surface area (Å²) in [6, 6.07) is 8.11. The molecule has 0 aliphatic heterocycles. The molecule has 0 saturated carbocycles. The highest BCUT2D eigenvalue weighted by Gasteiger charge is 2.23. The Morgan fingerprint density at radius 3 is 2.26 bits per heavy atom. The lowest BCUT2D eigenvalue weighted by Gasteiger charge is -2.26. The van der Waals surface area contributed by atoms with Crippen LogP contribution in [0.25, 0.3) is 0 Å². The van der Waals surface area contributed by atoms with Gasteiger partial charge in [0, 0.05) is 17.0 Å². The van der Waals surface area contributed by atoms with Crippen LogP contribution in [0.2, 0.25) is 0 Å². The van der Waals surface area contributed by atoms with Crippen molar-refractivity contribution in [1.82, 2.24) is 10.2 Å². The Morgan fingerprint density at radius 2 is 1.78 bits per heavy atom. The predicted octanol–water partition coefficient (Wildman–Crippen LogP) is 3.24. The molecule has 0 radical (unpaired) electrons. The Kier molecular flexibility index (Phi) is 7.13. The number of carbonyl (C=O) groups is 2. The predicted molar refractivity (Wildman–Crippen MR) is 96.6 cm³/mol. The van der Waals surface area contributed by atoms with Crippen molar-refractivity contribution in [2.45, 2.75) is 57.2 Å². The Morgan fingerprint density at radius 1 is 1.22 bits per heavy atom. The van der Waals surface area contributed by atoms with Gasteiger partial charge in [0.05, 0.1) is 11.8 Å². The molecule has 23 heavy (non-hydrogen) atoms. The monoisotopic (exact) mass is 336 g/mol. The molecule has 0 saturated heterocycles. The second-order valence-corrected chi connectivity index (χ2v) is 8.14. The standard InChI is InChI=1S/C18H28N2O2S/c1-7-20(12-16(21)19-18(4,5)6)17(22)14(3)23-15-10-8-13(2)9-11-15/h8-11,14H,7,12H2,1-6H3,(H,19,21). The van der Waals surface area contributed by atoms with Crippen molar-refractivity contribution in [3.05, 3.63) is 29.8 Å². The lowest BCUT2D eigenvalue weighted by Crippen LogP contribution is -2.48. The Bertz CT molecular complexity index is 535. The van der Waals surface area contributed by atoms with Crippen molar-refractivity contribution in [2.75, 3.05) is 13.1 Å². The molecule has 0 spiro atoms. The smallest absolute Gasteiger partial charge is 0.240 e. The van der Waals surface area contributed by atoms with Gasteiger partial charge < -0.3 is 10.2 Å². The zero-order chi connectivity index (χ0) is 17.6. The van der Waals surface area contributed by atoms with E-state index in [1.165, 1.54) is 17.3 Å². The number of amides is 2. The minimum Gasteiger partial charge on any atom is -0.350 e. The third-order valence-corrected chi connectivity index (χ3v) is 4.32. The molecule has 1 aromatic carbocycles. The summed E-state index contributed by atoms with van der Waals surface area (Å²) in [6.07, 6.45) is 0. The van der Waals surface area contributed by atoms with E-state index in [2.05, 4.69) is 5.32 Å². The number of thioether (sulfide) groups is 1. The first kappa shape index (κ1) is 19.6. The molecule has 5 heteroatoms. The van der Waals surface area contributed by atoms with Crippen LogP contribution < -0.4 is 5.32 Å². The average molecular weight is 337 g/mol. The number of benzene rings is 1. The average Bonchev–Trinajstić information content (AvgIpc) is 2.44. The molecule has 1 unspecified atom stereocenters. The summed E-state index contributed by atoms with van der Waals surface area (Å²) in [5.74, 6) is -0.137. The lowest BCUT2D eigenvalue weighted by molar-refractivity contribution is -0.135. The van der Waals surface area contributed by atoms with E-state index in [1.807, 2.05) is 65.8 Å². The molecule has 1 N–H and O–H groups in total. The van der Waals surface area contributed by atoms with Gasteiger partial charge in [-0.25, -0.2) is 0 Å². The van der Waals surface area contributed by atoms with Crippen LogP contribution in [0.15, 0.2) is 29.2 Å². The van der Waals surface area contributed by atoms with Crippen molar-refractivity contribution >= 4 is 23.6 Å². The Hall–Kier alpha value is -1.49. The molecule has 0 aliphatic rings. The number of hydrogen-bond donors (Lipinski definition) is 1. The third-order valence-electron chi connectivity index (χ3n) is 3.22. The molecule has 0 heterocycles. The fourth-order valence-corrected chi connectivity index (χ4v) is 3.06. The van der Waals surface area contributed by atoms with Gasteiger partial charge in [-0.15, -0.1) is 11.8 Å². The maximum atomic E-state index is 12.6. The normalized spacial score (nSPS) is 12.6. The molecule has 1 aromatic rings. The molecule has 2 amide bonds. The van der Waals surface area contributed by atoms with Crippen LogP contribution in [0, 0.1) is 6.92 Å². The summed E-state index contributed by atoms with van der Waals surface area (Å²) in [4.78, 5) is 27.3. The fourth-order valence-electron chi connectivity index (χ4n) is 2.11. The Balaban J connectivity index is 2.64. The van der Waals surface area contributed by atoms with Crippen LogP contribution in [0.4, 0.5) is 0 Å². The van der Waals surface area contributed by atoms with E-state index < -0.39 is 0 Å². The summed E-state index contributed by atoms with van der Waals surface area (Å²) in [7, 11) is 0. The molecule has 1 rings (SSSR count). The van der Waals surface area contributed by atoms with Crippen molar-refractivity contribution in [3.63, 3.8) is 0 Å². The molecule has 0 fully saturated rings. The van der Waals surface area contributed by atoms with E-state index in [0.717, 1.165) is 4.90 Å². The summed E-state index contributed by atoms with van der Waals surface area (Å²) in [6.45, 7) is 12.2. The van der Waals surface area contributed by atoms with Gasteiger partial charge in [0.15, 0.2) is 0 Å². The first-order chi connectivity index (χ1) is 10.6. The van der Waals surface area contributed by atoms with Gasteiger partial charge in [-0.2, -0.15) is 0 Å². The maximum absolute atomic E-state index is 12.6. The van der Waals surface area contributed by atoms with Gasteiger partial charge in [-0.3, -0.25) is 9.59 Å². The molecular weight excluding hydrogens is 308 g/mol. The van der Waals surface area contributed by atoms with Gasteiger partial charge in [-0.05, 0) is 53.7 Å². The molecule has 0 aliphatic carbocycles.